The van der Waals surface area contributed by atoms with Crippen molar-refractivity contribution in [3.63, 3.8) is 0 Å². The highest BCUT2D eigenvalue weighted by atomic mass is 35.5. The van der Waals surface area contributed by atoms with Gasteiger partial charge in [-0.2, -0.15) is 0 Å². The number of hydrogen-bond donors (Lipinski definition) is 2. The van der Waals surface area contributed by atoms with E-state index < -0.39 is 17.2 Å². The molecule has 0 aliphatic rings. The van der Waals surface area contributed by atoms with Gasteiger partial charge >= 0.3 is 0 Å². The van der Waals surface area contributed by atoms with E-state index in [1.807, 2.05) is 0 Å². The molecule has 1 heterocycles. The van der Waals surface area contributed by atoms with E-state index in [4.69, 9.17) is 11.5 Å². The number of nitrogens with two attached hydrogens (primary N) is 2. The molecule has 90 valence electrons. The number of nitrogens with zero attached hydrogens (tertiary/aromatic N) is 1. The van der Waals surface area contributed by atoms with Gasteiger partial charge in [0.1, 0.15) is 0 Å². The zero-order valence-electron chi connectivity index (χ0n) is 8.54. The van der Waals surface area contributed by atoms with Crippen molar-refractivity contribution < 1.29 is 9.59 Å². The molecule has 4 N–H and O–H groups in total. The van der Waals surface area contributed by atoms with Crippen molar-refractivity contribution in [2.45, 2.75) is 12.5 Å². The van der Waals surface area contributed by atoms with Crippen LogP contribution < -0.4 is 11.5 Å². The van der Waals surface area contributed by atoms with Crippen LogP contribution >= 0.6 is 24.8 Å². The highest BCUT2D eigenvalue weighted by molar-refractivity contribution is 6.16. The van der Waals surface area contributed by atoms with Crippen molar-refractivity contribution in [3.8, 4) is 0 Å². The molecule has 1 rings (SSSR count). The Hall–Kier alpha value is -1.17. The third kappa shape index (κ3) is 3.44. The summed E-state index contributed by atoms with van der Waals surface area (Å²) in [5, 5.41) is 0. The lowest BCUT2D eigenvalue weighted by molar-refractivity contribution is -0.121. The maximum absolute atomic E-state index is 11.7. The molecule has 0 spiro atoms. The molecule has 0 aliphatic carbocycles. The van der Waals surface area contributed by atoms with E-state index in [0.29, 0.717) is 5.56 Å². The molecule has 0 aliphatic heterocycles. The Morgan fingerprint density at radius 3 is 2.06 bits per heavy atom. The first-order chi connectivity index (χ1) is 6.46. The number of rotatable bonds is 3. The predicted molar refractivity (Wildman–Crippen MR) is 64.9 cm³/mol. The zero-order valence-corrected chi connectivity index (χ0v) is 10.2. The molecule has 1 unspecified atom stereocenters. The molecule has 1 atom stereocenters. The van der Waals surface area contributed by atoms with Gasteiger partial charge in [0, 0.05) is 18.0 Å². The molecule has 16 heavy (non-hydrogen) atoms. The molecular formula is C9H13Cl2N3O2. The maximum atomic E-state index is 11.7. The van der Waals surface area contributed by atoms with Crippen LogP contribution in [0.15, 0.2) is 24.5 Å². The lowest BCUT2D eigenvalue weighted by atomic mass is 9.92. The molecule has 0 radical (unpaired) electrons. The molecule has 1 amide bonds. The SMILES string of the molecule is CC(N)(C(N)=O)C(=O)c1ccncc1.Cl.Cl. The van der Waals surface area contributed by atoms with E-state index >= 15 is 0 Å². The molecule has 0 saturated carbocycles. The number of ketones is 1. The molecule has 0 aromatic carbocycles. The minimum absolute atomic E-state index is 0. The van der Waals surface area contributed by atoms with Gasteiger partial charge in [-0.05, 0) is 19.1 Å². The van der Waals surface area contributed by atoms with Crippen LogP contribution in [-0.4, -0.2) is 22.2 Å². The highest BCUT2D eigenvalue weighted by Crippen LogP contribution is 2.09. The average molecular weight is 266 g/mol. The number of Topliss-reactive ketones (excluding diaryl/α,β-unsaturated/α-hetero) is 1. The summed E-state index contributed by atoms with van der Waals surface area (Å²) in [6.45, 7) is 1.29. The third-order valence-electron chi connectivity index (χ3n) is 1.93. The van der Waals surface area contributed by atoms with Crippen LogP contribution in [0.4, 0.5) is 0 Å². The molecular weight excluding hydrogens is 253 g/mol. The molecule has 1 aromatic heterocycles. The van der Waals surface area contributed by atoms with E-state index in [2.05, 4.69) is 4.98 Å². The number of amides is 1. The fraction of sp³-hybridized carbons (Fsp3) is 0.222. The molecule has 0 bridgehead atoms. The largest absolute Gasteiger partial charge is 0.368 e. The van der Waals surface area contributed by atoms with Gasteiger partial charge < -0.3 is 11.5 Å². The van der Waals surface area contributed by atoms with Gasteiger partial charge in [-0.1, -0.05) is 0 Å². The van der Waals surface area contributed by atoms with Crippen LogP contribution in [0.3, 0.4) is 0 Å². The average Bonchev–Trinajstić information content (AvgIpc) is 2.17. The Morgan fingerprint density at radius 2 is 1.69 bits per heavy atom. The first kappa shape index (κ1) is 17.2. The van der Waals surface area contributed by atoms with Crippen molar-refractivity contribution in [1.82, 2.24) is 4.98 Å². The molecule has 0 fully saturated rings. The van der Waals surface area contributed by atoms with Crippen LogP contribution in [0.1, 0.15) is 17.3 Å². The monoisotopic (exact) mass is 265 g/mol. The Kier molecular flexibility index (Phi) is 6.91. The number of carbonyl (C=O) groups excluding carboxylic acids is 2. The molecule has 7 heteroatoms. The second-order valence-electron chi connectivity index (χ2n) is 3.13. The van der Waals surface area contributed by atoms with E-state index in [1.54, 1.807) is 0 Å². The van der Waals surface area contributed by atoms with E-state index in [9.17, 15) is 9.59 Å². The Morgan fingerprint density at radius 1 is 1.25 bits per heavy atom. The van der Waals surface area contributed by atoms with E-state index in [1.165, 1.54) is 31.5 Å². The molecule has 1 aromatic rings. The lowest BCUT2D eigenvalue weighted by Crippen LogP contribution is -2.55. The summed E-state index contributed by atoms with van der Waals surface area (Å²) in [5.41, 5.74) is 9.16. The quantitative estimate of drug-likeness (QED) is 0.607. The van der Waals surface area contributed by atoms with Crippen LogP contribution in [-0.2, 0) is 4.79 Å². The first-order valence-electron chi connectivity index (χ1n) is 4.00. The van der Waals surface area contributed by atoms with Crippen LogP contribution in [0.25, 0.3) is 0 Å². The van der Waals surface area contributed by atoms with Gasteiger partial charge in [0.15, 0.2) is 11.3 Å². The normalized spacial score (nSPS) is 12.6. The number of carbonyl (C=O) groups is 2. The number of pyridine rings is 1. The Balaban J connectivity index is 0. The zero-order chi connectivity index (χ0) is 10.8. The second-order valence-corrected chi connectivity index (χ2v) is 3.13. The fourth-order valence-electron chi connectivity index (χ4n) is 0.915. The van der Waals surface area contributed by atoms with Gasteiger partial charge in [-0.25, -0.2) is 0 Å². The van der Waals surface area contributed by atoms with Crippen molar-refractivity contribution in [1.29, 1.82) is 0 Å². The third-order valence-corrected chi connectivity index (χ3v) is 1.93. The van der Waals surface area contributed by atoms with Gasteiger partial charge in [-0.3, -0.25) is 14.6 Å². The minimum atomic E-state index is -1.67. The smallest absolute Gasteiger partial charge is 0.245 e. The number of halogens is 2. The minimum Gasteiger partial charge on any atom is -0.368 e. The van der Waals surface area contributed by atoms with Gasteiger partial charge in [0.05, 0.1) is 0 Å². The van der Waals surface area contributed by atoms with Crippen LogP contribution in [0, 0.1) is 0 Å². The van der Waals surface area contributed by atoms with E-state index in [-0.39, 0.29) is 24.8 Å². The lowest BCUT2D eigenvalue weighted by Gasteiger charge is -2.18. The summed E-state index contributed by atoms with van der Waals surface area (Å²) in [7, 11) is 0. The summed E-state index contributed by atoms with van der Waals surface area (Å²) in [5.74, 6) is -1.35. The standard InChI is InChI=1S/C9H11N3O2.2ClH/c1-9(11,8(10)14)7(13)6-2-4-12-5-3-6;;/h2-5H,11H2,1H3,(H2,10,14);2*1H. The van der Waals surface area contributed by atoms with Crippen molar-refractivity contribution in [3.05, 3.63) is 30.1 Å². The summed E-state index contributed by atoms with van der Waals surface area (Å²) in [6, 6.07) is 2.97. The number of primary amides is 1. The van der Waals surface area contributed by atoms with Crippen LogP contribution in [0.5, 0.6) is 0 Å². The second kappa shape index (κ2) is 6.42. The van der Waals surface area contributed by atoms with Crippen molar-refractivity contribution in [2.75, 3.05) is 0 Å². The number of hydrogen-bond acceptors (Lipinski definition) is 4. The first-order valence-corrected chi connectivity index (χ1v) is 4.00. The predicted octanol–water partition coefficient (Wildman–Crippen LogP) is 0.311. The van der Waals surface area contributed by atoms with Gasteiger partial charge in [0.2, 0.25) is 5.91 Å². The van der Waals surface area contributed by atoms with Crippen molar-refractivity contribution in [2.24, 2.45) is 11.5 Å². The van der Waals surface area contributed by atoms with Crippen LogP contribution in [0.2, 0.25) is 0 Å². The topological polar surface area (TPSA) is 99.1 Å². The van der Waals surface area contributed by atoms with E-state index in [0.717, 1.165) is 0 Å². The Labute approximate surface area is 105 Å². The van der Waals surface area contributed by atoms with Crippen molar-refractivity contribution >= 4 is 36.5 Å². The summed E-state index contributed by atoms with van der Waals surface area (Å²) < 4.78 is 0. The fourth-order valence-corrected chi connectivity index (χ4v) is 0.915. The summed E-state index contributed by atoms with van der Waals surface area (Å²) >= 11 is 0. The summed E-state index contributed by atoms with van der Waals surface area (Å²) in [4.78, 5) is 26.3. The molecule has 5 nitrogen and oxygen atoms in total. The molecule has 0 saturated heterocycles. The summed E-state index contributed by atoms with van der Waals surface area (Å²) in [6.07, 6.45) is 2.90. The Bertz CT molecular complexity index is 368. The van der Waals surface area contributed by atoms with Gasteiger partial charge in [0.25, 0.3) is 0 Å². The highest BCUT2D eigenvalue weighted by Gasteiger charge is 2.35. The maximum Gasteiger partial charge on any atom is 0.245 e. The van der Waals surface area contributed by atoms with Gasteiger partial charge in [-0.15, -0.1) is 24.8 Å². The number of aromatic nitrogens is 1.